The number of nitrogens with zero attached hydrogens (tertiary/aromatic N) is 2. The fourth-order valence-electron chi connectivity index (χ4n) is 3.74. The predicted molar refractivity (Wildman–Crippen MR) is 104 cm³/mol. The molecule has 1 aliphatic heterocycles. The second kappa shape index (κ2) is 5.99. The molecule has 0 bridgehead atoms. The topological polar surface area (TPSA) is 70.3 Å². The third-order valence-corrected chi connectivity index (χ3v) is 5.04. The van der Waals surface area contributed by atoms with E-state index in [1.165, 1.54) is 6.33 Å². The van der Waals surface area contributed by atoms with Crippen LogP contribution in [0.1, 0.15) is 22.6 Å². The summed E-state index contributed by atoms with van der Waals surface area (Å²) in [7, 11) is 1.66. The molecule has 132 valence electrons. The summed E-state index contributed by atoms with van der Waals surface area (Å²) in [5, 5.41) is 2.17. The quantitative estimate of drug-likeness (QED) is 0.505. The molecule has 2 N–H and O–H groups in total. The number of hydrogen-bond donors (Lipinski definition) is 1. The summed E-state index contributed by atoms with van der Waals surface area (Å²) in [6.45, 7) is 0. The Kier molecular flexibility index (Phi) is 3.47. The zero-order chi connectivity index (χ0) is 18.4. The van der Waals surface area contributed by atoms with Crippen molar-refractivity contribution in [2.24, 2.45) is 0 Å². The van der Waals surface area contributed by atoms with Crippen LogP contribution in [0.2, 0.25) is 0 Å². The van der Waals surface area contributed by atoms with Crippen molar-refractivity contribution in [3.63, 3.8) is 0 Å². The SMILES string of the molecule is COc1ccc(C2c3ccc4ccccc4c3Oc3ncnc(N)c32)cc1. The van der Waals surface area contributed by atoms with Crippen molar-refractivity contribution >= 4 is 16.6 Å². The first-order valence-electron chi connectivity index (χ1n) is 8.70. The highest BCUT2D eigenvalue weighted by Gasteiger charge is 2.33. The van der Waals surface area contributed by atoms with E-state index >= 15 is 0 Å². The molecule has 0 fully saturated rings. The molecule has 0 saturated heterocycles. The van der Waals surface area contributed by atoms with Crippen LogP contribution in [-0.4, -0.2) is 17.1 Å². The highest BCUT2D eigenvalue weighted by molar-refractivity contribution is 5.91. The molecule has 0 radical (unpaired) electrons. The van der Waals surface area contributed by atoms with Gasteiger partial charge in [-0.25, -0.2) is 9.97 Å². The summed E-state index contributed by atoms with van der Waals surface area (Å²) in [5.41, 5.74) is 9.17. The first-order chi connectivity index (χ1) is 13.3. The molecule has 5 nitrogen and oxygen atoms in total. The summed E-state index contributed by atoms with van der Waals surface area (Å²) in [6.07, 6.45) is 1.44. The minimum Gasteiger partial charge on any atom is -0.497 e. The van der Waals surface area contributed by atoms with Crippen LogP contribution in [0.4, 0.5) is 5.82 Å². The molecule has 0 saturated carbocycles. The number of methoxy groups -OCH3 is 1. The summed E-state index contributed by atoms with van der Waals surface area (Å²) in [5.74, 6) is 2.45. The molecule has 1 aromatic heterocycles. The van der Waals surface area contributed by atoms with Crippen molar-refractivity contribution < 1.29 is 9.47 Å². The third-order valence-electron chi connectivity index (χ3n) is 5.04. The van der Waals surface area contributed by atoms with E-state index in [9.17, 15) is 0 Å². The Morgan fingerprint density at radius 3 is 2.59 bits per heavy atom. The molecule has 4 aromatic rings. The average Bonchev–Trinajstić information content (AvgIpc) is 2.72. The highest BCUT2D eigenvalue weighted by Crippen LogP contribution is 2.50. The molecule has 1 unspecified atom stereocenters. The maximum absolute atomic E-state index is 6.24. The Hall–Kier alpha value is -3.60. The van der Waals surface area contributed by atoms with Gasteiger partial charge in [-0.2, -0.15) is 0 Å². The number of rotatable bonds is 2. The normalized spacial score (nSPS) is 14.9. The van der Waals surface area contributed by atoms with Gasteiger partial charge in [0.1, 0.15) is 23.6 Å². The van der Waals surface area contributed by atoms with Crippen molar-refractivity contribution in [1.29, 1.82) is 0 Å². The van der Waals surface area contributed by atoms with E-state index in [1.54, 1.807) is 7.11 Å². The van der Waals surface area contributed by atoms with Crippen LogP contribution in [0.3, 0.4) is 0 Å². The molecule has 0 spiro atoms. The third kappa shape index (κ3) is 2.39. The van der Waals surface area contributed by atoms with Gasteiger partial charge in [-0.3, -0.25) is 0 Å². The van der Waals surface area contributed by atoms with Crippen molar-refractivity contribution in [2.45, 2.75) is 5.92 Å². The number of aromatic nitrogens is 2. The number of nitrogens with two attached hydrogens (primary N) is 1. The van der Waals surface area contributed by atoms with Gasteiger partial charge in [0.25, 0.3) is 0 Å². The fraction of sp³-hybridized carbons (Fsp3) is 0.0909. The van der Waals surface area contributed by atoms with Crippen LogP contribution in [0.5, 0.6) is 17.4 Å². The lowest BCUT2D eigenvalue weighted by Gasteiger charge is -2.29. The van der Waals surface area contributed by atoms with E-state index in [2.05, 4.69) is 34.2 Å². The van der Waals surface area contributed by atoms with Gasteiger partial charge < -0.3 is 15.2 Å². The largest absolute Gasteiger partial charge is 0.497 e. The van der Waals surface area contributed by atoms with Crippen LogP contribution in [-0.2, 0) is 0 Å². The predicted octanol–water partition coefficient (Wildman–Crippen LogP) is 4.51. The zero-order valence-electron chi connectivity index (χ0n) is 14.7. The van der Waals surface area contributed by atoms with E-state index in [4.69, 9.17) is 15.2 Å². The molecule has 0 aliphatic carbocycles. The molecular formula is C22H17N3O2. The van der Waals surface area contributed by atoms with Crippen LogP contribution < -0.4 is 15.2 Å². The lowest BCUT2D eigenvalue weighted by Crippen LogP contribution is -2.16. The molecule has 27 heavy (non-hydrogen) atoms. The molecule has 2 heterocycles. The van der Waals surface area contributed by atoms with Crippen molar-refractivity contribution in [1.82, 2.24) is 9.97 Å². The standard InChI is InChI=1S/C22H17N3O2/c1-26-15-9-6-14(7-10-15)18-17-11-8-13-4-2-3-5-16(13)20(17)27-22-19(18)21(23)24-12-25-22/h2-12,18H,1H3,(H2,23,24,25). The maximum atomic E-state index is 6.24. The Balaban J connectivity index is 1.80. The Bertz CT molecular complexity index is 1160. The van der Waals surface area contributed by atoms with E-state index in [0.29, 0.717) is 11.7 Å². The van der Waals surface area contributed by atoms with Gasteiger partial charge in [0, 0.05) is 16.9 Å². The monoisotopic (exact) mass is 355 g/mol. The van der Waals surface area contributed by atoms with Crippen LogP contribution in [0, 0.1) is 0 Å². The van der Waals surface area contributed by atoms with Crippen LogP contribution in [0.15, 0.2) is 67.0 Å². The van der Waals surface area contributed by atoms with E-state index in [0.717, 1.165) is 39.0 Å². The number of ether oxygens (including phenoxy) is 2. The number of anilines is 1. The highest BCUT2D eigenvalue weighted by atomic mass is 16.5. The van der Waals surface area contributed by atoms with E-state index in [1.807, 2.05) is 36.4 Å². The molecule has 5 heteroatoms. The van der Waals surface area contributed by atoms with Crippen molar-refractivity contribution in [2.75, 3.05) is 12.8 Å². The minimum atomic E-state index is -0.111. The number of fused-ring (bicyclic) bond motifs is 4. The van der Waals surface area contributed by atoms with Gasteiger partial charge in [0.05, 0.1) is 12.7 Å². The fourth-order valence-corrected chi connectivity index (χ4v) is 3.74. The van der Waals surface area contributed by atoms with Gasteiger partial charge in [0.15, 0.2) is 0 Å². The van der Waals surface area contributed by atoms with Crippen molar-refractivity contribution in [3.05, 3.63) is 83.7 Å². The molecule has 0 amide bonds. The number of benzene rings is 3. The number of nitrogen functional groups attached to an aromatic ring is 1. The van der Waals surface area contributed by atoms with Gasteiger partial charge in [0.2, 0.25) is 5.88 Å². The lowest BCUT2D eigenvalue weighted by molar-refractivity contribution is 0.414. The average molecular weight is 355 g/mol. The van der Waals surface area contributed by atoms with Gasteiger partial charge >= 0.3 is 0 Å². The molecule has 5 rings (SSSR count). The van der Waals surface area contributed by atoms with Crippen LogP contribution in [0.25, 0.3) is 10.8 Å². The lowest BCUT2D eigenvalue weighted by atomic mass is 9.82. The minimum absolute atomic E-state index is 0.111. The second-order valence-electron chi connectivity index (χ2n) is 6.49. The summed E-state index contributed by atoms with van der Waals surface area (Å²) < 4.78 is 11.5. The van der Waals surface area contributed by atoms with Crippen LogP contribution >= 0.6 is 0 Å². The summed E-state index contributed by atoms with van der Waals surface area (Å²) >= 11 is 0. The molecule has 1 atom stereocenters. The maximum Gasteiger partial charge on any atom is 0.228 e. The Labute approximate surface area is 156 Å². The van der Waals surface area contributed by atoms with Gasteiger partial charge in [-0.1, -0.05) is 48.5 Å². The first-order valence-corrected chi connectivity index (χ1v) is 8.70. The van der Waals surface area contributed by atoms with Gasteiger partial charge in [-0.05, 0) is 23.1 Å². The van der Waals surface area contributed by atoms with E-state index < -0.39 is 0 Å². The first kappa shape index (κ1) is 15.6. The molecule has 3 aromatic carbocycles. The molecule has 1 aliphatic rings. The Morgan fingerprint density at radius 1 is 0.963 bits per heavy atom. The number of hydrogen-bond acceptors (Lipinski definition) is 5. The Morgan fingerprint density at radius 2 is 1.78 bits per heavy atom. The van der Waals surface area contributed by atoms with Gasteiger partial charge in [-0.15, -0.1) is 0 Å². The van der Waals surface area contributed by atoms with Crippen molar-refractivity contribution in [3.8, 4) is 17.4 Å². The van der Waals surface area contributed by atoms with E-state index in [-0.39, 0.29) is 5.92 Å². The summed E-state index contributed by atoms with van der Waals surface area (Å²) in [4.78, 5) is 8.56. The summed E-state index contributed by atoms with van der Waals surface area (Å²) in [6, 6.07) is 20.4. The second-order valence-corrected chi connectivity index (χ2v) is 6.49. The molecular weight excluding hydrogens is 338 g/mol. The zero-order valence-corrected chi connectivity index (χ0v) is 14.7. The smallest absolute Gasteiger partial charge is 0.228 e.